The minimum absolute atomic E-state index is 0.265. The summed E-state index contributed by atoms with van der Waals surface area (Å²) in [6.07, 6.45) is 3.44. The van der Waals surface area contributed by atoms with Crippen molar-refractivity contribution in [2.24, 2.45) is 7.05 Å². The van der Waals surface area contributed by atoms with Crippen LogP contribution in [-0.2, 0) is 7.05 Å². The Morgan fingerprint density at radius 2 is 1.96 bits per heavy atom. The highest BCUT2D eigenvalue weighted by Crippen LogP contribution is 2.24. The lowest BCUT2D eigenvalue weighted by atomic mass is 10.0. The number of carbonyl (C=O) groups excluding carboxylic acids is 1. The molecule has 0 saturated carbocycles. The maximum atomic E-state index is 13.8. The number of nitrogens with one attached hydrogen (secondary N) is 1. The molecule has 0 aliphatic heterocycles. The van der Waals surface area contributed by atoms with Crippen LogP contribution in [0.2, 0.25) is 0 Å². The van der Waals surface area contributed by atoms with Gasteiger partial charge in [0, 0.05) is 30.5 Å². The van der Waals surface area contributed by atoms with E-state index in [9.17, 15) is 9.18 Å². The number of aromatic nitrogens is 3. The molecular formula is C22H19FN4O. The second kappa shape index (κ2) is 7.23. The van der Waals surface area contributed by atoms with Crippen molar-refractivity contribution in [1.29, 1.82) is 0 Å². The third-order valence-corrected chi connectivity index (χ3v) is 4.66. The first-order valence-electron chi connectivity index (χ1n) is 8.93. The van der Waals surface area contributed by atoms with Crippen molar-refractivity contribution in [2.75, 3.05) is 0 Å². The molecule has 0 saturated heterocycles. The van der Waals surface area contributed by atoms with Crippen molar-refractivity contribution in [3.63, 3.8) is 0 Å². The average Bonchev–Trinajstić information content (AvgIpc) is 3.10. The van der Waals surface area contributed by atoms with E-state index < -0.39 is 6.04 Å². The van der Waals surface area contributed by atoms with Crippen LogP contribution in [-0.4, -0.2) is 20.4 Å². The molecule has 0 fully saturated rings. The molecule has 140 valence electrons. The summed E-state index contributed by atoms with van der Waals surface area (Å²) in [6.45, 7) is 1.85. The van der Waals surface area contributed by atoms with Crippen LogP contribution in [0.5, 0.6) is 0 Å². The molecule has 0 unspecified atom stereocenters. The molecule has 1 N–H and O–H groups in total. The fourth-order valence-electron chi connectivity index (χ4n) is 3.34. The van der Waals surface area contributed by atoms with E-state index in [1.807, 2.05) is 42.8 Å². The largest absolute Gasteiger partial charge is 0.338 e. The van der Waals surface area contributed by atoms with Gasteiger partial charge in [-0.3, -0.25) is 9.78 Å². The molecule has 0 radical (unpaired) electrons. The van der Waals surface area contributed by atoms with Crippen LogP contribution in [0.3, 0.4) is 0 Å². The number of fused-ring (bicyclic) bond motifs is 1. The minimum Gasteiger partial charge on any atom is -0.338 e. The number of aryl methyl sites for hydroxylation is 2. The maximum absolute atomic E-state index is 13.8. The molecule has 2 heterocycles. The lowest BCUT2D eigenvalue weighted by Gasteiger charge is -2.20. The van der Waals surface area contributed by atoms with Crippen LogP contribution < -0.4 is 5.32 Å². The van der Waals surface area contributed by atoms with Crippen molar-refractivity contribution < 1.29 is 9.18 Å². The number of hydrogen-bond donors (Lipinski definition) is 1. The number of halogens is 1. The van der Waals surface area contributed by atoms with Gasteiger partial charge < -0.3 is 9.88 Å². The Kier molecular flexibility index (Phi) is 4.61. The summed E-state index contributed by atoms with van der Waals surface area (Å²) in [5.41, 5.74) is 2.66. The average molecular weight is 374 g/mol. The second-order valence-corrected chi connectivity index (χ2v) is 6.69. The summed E-state index contributed by atoms with van der Waals surface area (Å²) < 4.78 is 15.7. The Hall–Kier alpha value is -3.54. The van der Waals surface area contributed by atoms with Gasteiger partial charge >= 0.3 is 0 Å². The standard InChI is InChI=1S/C22H19FN4O/c1-14-12-18(17-8-3-4-9-19(17)25-14)22(28)26-20(21-24-10-11-27(21)2)15-6-5-7-16(23)13-15/h3-13,20H,1-2H3,(H,26,28)/t20-/m1/s1. The molecule has 0 spiro atoms. The Morgan fingerprint density at radius 3 is 2.71 bits per heavy atom. The molecule has 2 aromatic heterocycles. The molecular weight excluding hydrogens is 355 g/mol. The lowest BCUT2D eigenvalue weighted by Crippen LogP contribution is -2.31. The molecule has 5 nitrogen and oxygen atoms in total. The van der Waals surface area contributed by atoms with Gasteiger partial charge in [-0.25, -0.2) is 9.37 Å². The van der Waals surface area contributed by atoms with Gasteiger partial charge in [0.2, 0.25) is 0 Å². The second-order valence-electron chi connectivity index (χ2n) is 6.69. The third kappa shape index (κ3) is 3.36. The van der Waals surface area contributed by atoms with E-state index in [1.54, 1.807) is 30.6 Å². The Morgan fingerprint density at radius 1 is 1.14 bits per heavy atom. The molecule has 4 aromatic rings. The van der Waals surface area contributed by atoms with E-state index in [0.29, 0.717) is 17.0 Å². The number of carbonyl (C=O) groups is 1. The van der Waals surface area contributed by atoms with Crippen molar-refractivity contribution in [3.05, 3.63) is 95.5 Å². The van der Waals surface area contributed by atoms with Crippen LogP contribution in [0.25, 0.3) is 10.9 Å². The third-order valence-electron chi connectivity index (χ3n) is 4.66. The van der Waals surface area contributed by atoms with Gasteiger partial charge in [0.1, 0.15) is 17.7 Å². The zero-order valence-electron chi connectivity index (χ0n) is 15.6. The van der Waals surface area contributed by atoms with Crippen molar-refractivity contribution >= 4 is 16.8 Å². The van der Waals surface area contributed by atoms with Crippen LogP contribution in [0.4, 0.5) is 4.39 Å². The van der Waals surface area contributed by atoms with Gasteiger partial charge in [-0.05, 0) is 36.8 Å². The summed E-state index contributed by atoms with van der Waals surface area (Å²) in [5, 5.41) is 3.79. The molecule has 1 atom stereocenters. The van der Waals surface area contributed by atoms with Gasteiger partial charge in [-0.1, -0.05) is 30.3 Å². The Labute approximate surface area is 161 Å². The predicted octanol–water partition coefficient (Wildman–Crippen LogP) is 3.94. The van der Waals surface area contributed by atoms with Crippen LogP contribution in [0, 0.1) is 12.7 Å². The Bertz CT molecular complexity index is 1170. The lowest BCUT2D eigenvalue weighted by molar-refractivity contribution is 0.0942. The van der Waals surface area contributed by atoms with Crippen molar-refractivity contribution in [2.45, 2.75) is 13.0 Å². The highest BCUT2D eigenvalue weighted by atomic mass is 19.1. The van der Waals surface area contributed by atoms with E-state index in [-0.39, 0.29) is 11.7 Å². The summed E-state index contributed by atoms with van der Waals surface area (Å²) >= 11 is 0. The number of amides is 1. The normalized spacial score (nSPS) is 12.1. The van der Waals surface area contributed by atoms with Gasteiger partial charge in [-0.2, -0.15) is 0 Å². The van der Waals surface area contributed by atoms with Crippen LogP contribution in [0.15, 0.2) is 67.0 Å². The highest BCUT2D eigenvalue weighted by Gasteiger charge is 2.23. The van der Waals surface area contributed by atoms with Crippen molar-refractivity contribution in [1.82, 2.24) is 19.9 Å². The van der Waals surface area contributed by atoms with Gasteiger partial charge in [0.15, 0.2) is 0 Å². The molecule has 1 amide bonds. The number of benzene rings is 2. The summed E-state index contributed by atoms with van der Waals surface area (Å²) in [4.78, 5) is 22.1. The number of imidazole rings is 1. The molecule has 6 heteroatoms. The zero-order valence-corrected chi connectivity index (χ0v) is 15.6. The topological polar surface area (TPSA) is 59.8 Å². The number of pyridine rings is 1. The van der Waals surface area contributed by atoms with Crippen LogP contribution in [0.1, 0.15) is 33.5 Å². The Balaban J connectivity index is 1.78. The van der Waals surface area contributed by atoms with Crippen molar-refractivity contribution in [3.8, 4) is 0 Å². The minimum atomic E-state index is -0.588. The number of nitrogens with zero attached hydrogens (tertiary/aromatic N) is 3. The molecule has 0 aliphatic rings. The SMILES string of the molecule is Cc1cc(C(=O)N[C@H](c2cccc(F)c2)c2nccn2C)c2ccccc2n1. The first kappa shape index (κ1) is 17.9. The summed E-state index contributed by atoms with van der Waals surface area (Å²) in [7, 11) is 1.84. The molecule has 4 rings (SSSR count). The highest BCUT2D eigenvalue weighted by molar-refractivity contribution is 6.06. The van der Waals surface area contributed by atoms with Crippen LogP contribution >= 0.6 is 0 Å². The first-order chi connectivity index (χ1) is 13.5. The summed E-state index contributed by atoms with van der Waals surface area (Å²) in [6, 6.07) is 14.9. The molecule has 2 aromatic carbocycles. The fraction of sp³-hybridized carbons (Fsp3) is 0.136. The monoisotopic (exact) mass is 374 g/mol. The molecule has 0 bridgehead atoms. The number of para-hydroxylation sites is 1. The quantitative estimate of drug-likeness (QED) is 0.589. The molecule has 28 heavy (non-hydrogen) atoms. The van der Waals surface area contributed by atoms with Gasteiger partial charge in [0.25, 0.3) is 5.91 Å². The van der Waals surface area contributed by atoms with E-state index >= 15 is 0 Å². The fourth-order valence-corrected chi connectivity index (χ4v) is 3.34. The maximum Gasteiger partial charge on any atom is 0.252 e. The smallest absolute Gasteiger partial charge is 0.252 e. The predicted molar refractivity (Wildman–Crippen MR) is 105 cm³/mol. The van der Waals surface area contributed by atoms with Gasteiger partial charge in [-0.15, -0.1) is 0 Å². The van der Waals surface area contributed by atoms with E-state index in [2.05, 4.69) is 15.3 Å². The van der Waals surface area contributed by atoms with E-state index in [1.165, 1.54) is 12.1 Å². The molecule has 0 aliphatic carbocycles. The number of rotatable bonds is 4. The zero-order chi connectivity index (χ0) is 19.7. The number of hydrogen-bond acceptors (Lipinski definition) is 3. The van der Waals surface area contributed by atoms with E-state index in [4.69, 9.17) is 0 Å². The van der Waals surface area contributed by atoms with Gasteiger partial charge in [0.05, 0.1) is 11.1 Å². The summed E-state index contributed by atoms with van der Waals surface area (Å²) in [5.74, 6) is -0.0100. The van der Waals surface area contributed by atoms with E-state index in [0.717, 1.165) is 16.6 Å². The first-order valence-corrected chi connectivity index (χ1v) is 8.93.